The predicted octanol–water partition coefficient (Wildman–Crippen LogP) is 4.63. The fourth-order valence-electron chi connectivity index (χ4n) is 4.49. The first-order valence-electron chi connectivity index (χ1n) is 10.3. The molecule has 4 aromatic rings. The molecule has 0 unspecified atom stereocenters. The minimum absolute atomic E-state index is 0.0371. The predicted molar refractivity (Wildman–Crippen MR) is 118 cm³/mol. The molecule has 0 radical (unpaired) electrons. The molecule has 0 saturated heterocycles. The van der Waals surface area contributed by atoms with Crippen molar-refractivity contribution in [2.75, 3.05) is 14.2 Å². The molecule has 156 valence electrons. The van der Waals surface area contributed by atoms with E-state index < -0.39 is 0 Å². The first kappa shape index (κ1) is 19.3. The normalized spacial score (nSPS) is 15.7. The number of benzene rings is 2. The lowest BCUT2D eigenvalue weighted by molar-refractivity contribution is 0.0962. The molecule has 1 aliphatic rings. The van der Waals surface area contributed by atoms with Crippen LogP contribution in [0.5, 0.6) is 11.5 Å². The first-order chi connectivity index (χ1) is 15.1. The van der Waals surface area contributed by atoms with E-state index in [-0.39, 0.29) is 11.7 Å². The molecule has 6 heteroatoms. The molecule has 6 nitrogen and oxygen atoms in total. The lowest BCUT2D eigenvalue weighted by atomic mass is 9.82. The van der Waals surface area contributed by atoms with Gasteiger partial charge in [-0.15, -0.1) is 0 Å². The number of hydrogen-bond donors (Lipinski definition) is 0. The fraction of sp³-hybridized carbons (Fsp3) is 0.240. The number of methoxy groups -OCH3 is 2. The van der Waals surface area contributed by atoms with Crippen molar-refractivity contribution >= 4 is 11.4 Å². The summed E-state index contributed by atoms with van der Waals surface area (Å²) in [5.74, 6) is 1.47. The number of Topliss-reactive ketones (excluding diaryl/α,β-unsaturated/α-hetero) is 1. The SMILES string of the molecule is COc1ccc([C@H]2CC(=O)c3cnc4c(-c5ccccc5)c(C)nn4c3C2)cc1OC. The van der Waals surface area contributed by atoms with E-state index in [0.29, 0.717) is 29.9 Å². The van der Waals surface area contributed by atoms with Gasteiger partial charge in [0.25, 0.3) is 0 Å². The lowest BCUT2D eigenvalue weighted by Gasteiger charge is -2.24. The van der Waals surface area contributed by atoms with Gasteiger partial charge in [-0.1, -0.05) is 36.4 Å². The molecule has 0 saturated carbocycles. The summed E-state index contributed by atoms with van der Waals surface area (Å²) in [5, 5.41) is 4.78. The Hall–Kier alpha value is -3.67. The molecule has 2 aromatic heterocycles. The Balaban J connectivity index is 1.62. The number of nitrogens with zero attached hydrogens (tertiary/aromatic N) is 3. The third kappa shape index (κ3) is 3.15. The van der Waals surface area contributed by atoms with Gasteiger partial charge in [-0.05, 0) is 42.5 Å². The summed E-state index contributed by atoms with van der Waals surface area (Å²) in [6.07, 6.45) is 2.85. The molecule has 1 atom stereocenters. The highest BCUT2D eigenvalue weighted by atomic mass is 16.5. The van der Waals surface area contributed by atoms with Gasteiger partial charge < -0.3 is 9.47 Å². The third-order valence-corrected chi connectivity index (χ3v) is 6.03. The third-order valence-electron chi connectivity index (χ3n) is 6.03. The van der Waals surface area contributed by atoms with E-state index in [9.17, 15) is 4.79 Å². The molecular formula is C25H23N3O3. The van der Waals surface area contributed by atoms with Crippen LogP contribution in [0.2, 0.25) is 0 Å². The number of fused-ring (bicyclic) bond motifs is 3. The molecule has 5 rings (SSSR count). The van der Waals surface area contributed by atoms with Crippen LogP contribution in [0.3, 0.4) is 0 Å². The quantitative estimate of drug-likeness (QED) is 0.488. The number of ether oxygens (including phenoxy) is 2. The average molecular weight is 413 g/mol. The van der Waals surface area contributed by atoms with E-state index in [1.54, 1.807) is 20.4 Å². The molecule has 0 bridgehead atoms. The van der Waals surface area contributed by atoms with E-state index in [1.165, 1.54) is 0 Å². The molecule has 0 N–H and O–H groups in total. The van der Waals surface area contributed by atoms with Gasteiger partial charge in [0.05, 0.1) is 31.2 Å². The number of rotatable bonds is 4. The zero-order valence-electron chi connectivity index (χ0n) is 17.8. The van der Waals surface area contributed by atoms with E-state index in [1.807, 2.05) is 47.8 Å². The molecule has 0 aliphatic heterocycles. The van der Waals surface area contributed by atoms with E-state index in [4.69, 9.17) is 14.6 Å². The maximum atomic E-state index is 13.0. The van der Waals surface area contributed by atoms with Crippen LogP contribution in [-0.4, -0.2) is 34.6 Å². The number of ketones is 1. The molecule has 1 aliphatic carbocycles. The number of aromatic nitrogens is 3. The van der Waals surface area contributed by atoms with Crippen LogP contribution in [0, 0.1) is 6.92 Å². The summed E-state index contributed by atoms with van der Waals surface area (Å²) >= 11 is 0. The van der Waals surface area contributed by atoms with Gasteiger partial charge in [-0.2, -0.15) is 5.10 Å². The largest absolute Gasteiger partial charge is 0.493 e. The van der Waals surface area contributed by atoms with Gasteiger partial charge in [0.2, 0.25) is 0 Å². The Bertz CT molecular complexity index is 1290. The van der Waals surface area contributed by atoms with Crippen molar-refractivity contribution in [2.24, 2.45) is 0 Å². The van der Waals surface area contributed by atoms with Crippen LogP contribution in [0.4, 0.5) is 0 Å². The first-order valence-corrected chi connectivity index (χ1v) is 10.3. The van der Waals surface area contributed by atoms with Crippen LogP contribution in [-0.2, 0) is 6.42 Å². The Kier molecular flexibility index (Phi) is 4.70. The van der Waals surface area contributed by atoms with Crippen LogP contribution >= 0.6 is 0 Å². The van der Waals surface area contributed by atoms with Gasteiger partial charge >= 0.3 is 0 Å². The van der Waals surface area contributed by atoms with Gasteiger partial charge in [0.1, 0.15) is 0 Å². The molecule has 31 heavy (non-hydrogen) atoms. The Morgan fingerprint density at radius 3 is 2.52 bits per heavy atom. The average Bonchev–Trinajstić information content (AvgIpc) is 3.15. The van der Waals surface area contributed by atoms with Crippen molar-refractivity contribution in [3.8, 4) is 22.6 Å². The maximum Gasteiger partial charge on any atom is 0.166 e. The number of carbonyl (C=O) groups excluding carboxylic acids is 1. The monoisotopic (exact) mass is 413 g/mol. The van der Waals surface area contributed by atoms with Crippen molar-refractivity contribution in [1.29, 1.82) is 0 Å². The second kappa shape index (κ2) is 7.54. The summed E-state index contributed by atoms with van der Waals surface area (Å²) in [6.45, 7) is 1.99. The zero-order chi connectivity index (χ0) is 21.5. The van der Waals surface area contributed by atoms with Gasteiger partial charge in [0.15, 0.2) is 22.9 Å². The zero-order valence-corrected chi connectivity index (χ0v) is 17.8. The van der Waals surface area contributed by atoms with E-state index >= 15 is 0 Å². The smallest absolute Gasteiger partial charge is 0.166 e. The number of hydrogen-bond acceptors (Lipinski definition) is 5. The standard InChI is InChI=1S/C25H23N3O3/c1-15-24(16-7-5-4-6-8-16)25-26-14-19-20(28(25)27-15)11-18(12-21(19)29)17-9-10-22(30-2)23(13-17)31-3/h4-10,13-14,18H,11-12H2,1-3H3/t18-/m1/s1. The molecular weight excluding hydrogens is 390 g/mol. The van der Waals surface area contributed by atoms with Gasteiger partial charge in [0, 0.05) is 18.2 Å². The summed E-state index contributed by atoms with van der Waals surface area (Å²) < 4.78 is 12.7. The molecule has 2 aromatic carbocycles. The van der Waals surface area contributed by atoms with Crippen molar-refractivity contribution < 1.29 is 14.3 Å². The van der Waals surface area contributed by atoms with Crippen LogP contribution in [0.15, 0.2) is 54.7 Å². The van der Waals surface area contributed by atoms with Crippen molar-refractivity contribution in [3.63, 3.8) is 0 Å². The molecule has 2 heterocycles. The highest BCUT2D eigenvalue weighted by Crippen LogP contribution is 2.38. The fourth-order valence-corrected chi connectivity index (χ4v) is 4.49. The Labute approximate surface area is 180 Å². The Morgan fingerprint density at radius 2 is 1.77 bits per heavy atom. The minimum Gasteiger partial charge on any atom is -0.493 e. The second-order valence-corrected chi connectivity index (χ2v) is 7.82. The maximum absolute atomic E-state index is 13.0. The molecule has 0 amide bonds. The molecule has 0 fully saturated rings. The summed E-state index contributed by atoms with van der Waals surface area (Å²) in [6, 6.07) is 16.0. The topological polar surface area (TPSA) is 65.7 Å². The van der Waals surface area contributed by atoms with E-state index in [2.05, 4.69) is 17.1 Å². The molecule has 0 spiro atoms. The van der Waals surface area contributed by atoms with Crippen molar-refractivity contribution in [2.45, 2.75) is 25.7 Å². The van der Waals surface area contributed by atoms with Gasteiger partial charge in [-0.25, -0.2) is 9.50 Å². The lowest BCUT2D eigenvalue weighted by Crippen LogP contribution is -2.22. The second-order valence-electron chi connectivity index (χ2n) is 7.82. The van der Waals surface area contributed by atoms with Crippen LogP contribution < -0.4 is 9.47 Å². The number of aryl methyl sites for hydroxylation is 1. The Morgan fingerprint density at radius 1 is 1.00 bits per heavy atom. The van der Waals surface area contributed by atoms with Crippen molar-refractivity contribution in [3.05, 3.63) is 77.2 Å². The van der Waals surface area contributed by atoms with Gasteiger partial charge in [-0.3, -0.25) is 4.79 Å². The summed E-state index contributed by atoms with van der Waals surface area (Å²) in [5.41, 5.74) is 6.37. The highest BCUT2D eigenvalue weighted by molar-refractivity contribution is 5.99. The number of carbonyl (C=O) groups is 1. The van der Waals surface area contributed by atoms with Crippen LogP contribution in [0.1, 0.15) is 39.6 Å². The summed E-state index contributed by atoms with van der Waals surface area (Å²) in [4.78, 5) is 17.6. The van der Waals surface area contributed by atoms with E-state index in [0.717, 1.165) is 33.7 Å². The summed E-state index contributed by atoms with van der Waals surface area (Å²) in [7, 11) is 3.24. The van der Waals surface area contributed by atoms with Crippen LogP contribution in [0.25, 0.3) is 16.8 Å². The highest BCUT2D eigenvalue weighted by Gasteiger charge is 2.30. The minimum atomic E-state index is 0.0371. The van der Waals surface area contributed by atoms with Crippen molar-refractivity contribution in [1.82, 2.24) is 14.6 Å².